The molecule has 3 amide bonds. The van der Waals surface area contributed by atoms with Crippen LogP contribution < -0.4 is 21.7 Å². The molecule has 2 aromatic heterocycles. The number of anilines is 2. The molecule has 1 fully saturated rings. The summed E-state index contributed by atoms with van der Waals surface area (Å²) in [5, 5.41) is 22.5. The Hall–Kier alpha value is -5.04. The summed E-state index contributed by atoms with van der Waals surface area (Å²) < 4.78 is 0. The number of tetrazole rings is 1. The van der Waals surface area contributed by atoms with E-state index in [-0.39, 0.29) is 36.0 Å². The molecule has 1 unspecified atom stereocenters. The first-order chi connectivity index (χ1) is 21.3. The molecule has 1 aliphatic rings. The lowest BCUT2D eigenvalue weighted by atomic mass is 9.81. The zero-order chi connectivity index (χ0) is 31.1. The Morgan fingerprint density at radius 3 is 2.45 bits per heavy atom. The zero-order valence-corrected chi connectivity index (χ0v) is 24.7. The highest BCUT2D eigenvalue weighted by molar-refractivity contribution is 5.98. The maximum Gasteiger partial charge on any atom is 0.247 e. The van der Waals surface area contributed by atoms with Gasteiger partial charge < -0.3 is 16.4 Å². The van der Waals surface area contributed by atoms with Crippen molar-refractivity contribution in [2.45, 2.75) is 52.0 Å². The van der Waals surface area contributed by atoms with Crippen molar-refractivity contribution >= 4 is 29.4 Å². The van der Waals surface area contributed by atoms with Gasteiger partial charge in [-0.25, -0.2) is 9.97 Å². The smallest absolute Gasteiger partial charge is 0.247 e. The number of aromatic nitrogens is 6. The van der Waals surface area contributed by atoms with Crippen LogP contribution in [0.1, 0.15) is 43.9 Å². The van der Waals surface area contributed by atoms with Crippen LogP contribution in [0.15, 0.2) is 54.7 Å². The molecule has 2 heterocycles. The molecule has 44 heavy (non-hydrogen) atoms. The van der Waals surface area contributed by atoms with Crippen LogP contribution in [-0.4, -0.2) is 60.9 Å². The van der Waals surface area contributed by atoms with E-state index < -0.39 is 6.04 Å². The minimum absolute atomic E-state index is 0.123. The molecule has 5 rings (SSSR count). The van der Waals surface area contributed by atoms with Gasteiger partial charge in [0, 0.05) is 42.3 Å². The monoisotopic (exact) mass is 596 g/mol. The predicted octanol–water partition coefficient (Wildman–Crippen LogP) is 3.02. The lowest BCUT2D eigenvalue weighted by Gasteiger charge is -2.28. The second-order valence-electron chi connectivity index (χ2n) is 11.1. The summed E-state index contributed by atoms with van der Waals surface area (Å²) >= 11 is 0. The van der Waals surface area contributed by atoms with Crippen LogP contribution in [0.4, 0.5) is 11.6 Å². The zero-order valence-electron chi connectivity index (χ0n) is 24.7. The highest BCUT2D eigenvalue weighted by atomic mass is 16.2. The number of benzene rings is 2. The maximum absolute atomic E-state index is 13.6. The first-order valence-electron chi connectivity index (χ1n) is 14.6. The Balaban J connectivity index is 1.34. The van der Waals surface area contributed by atoms with Gasteiger partial charge >= 0.3 is 0 Å². The maximum atomic E-state index is 13.6. The summed E-state index contributed by atoms with van der Waals surface area (Å²) in [6.45, 7) is 3.87. The van der Waals surface area contributed by atoms with Crippen LogP contribution in [0, 0.1) is 18.8 Å². The number of carbonyl (C=O) groups excluding carboxylic acids is 3. The van der Waals surface area contributed by atoms with Gasteiger partial charge in [0.25, 0.3) is 0 Å². The SMILES string of the molecule is CC(=O)Nc1ncc(-c2cccc(CC(NC(=O)C3CCC(CN)CC3)C(=O)Nc3ccc(-c4nn[nH]n4)cc3)c2)c(C)n1. The Kier molecular flexibility index (Phi) is 9.65. The molecule has 228 valence electrons. The van der Waals surface area contributed by atoms with Crippen LogP contribution in [0.2, 0.25) is 0 Å². The molecule has 4 aromatic rings. The van der Waals surface area contributed by atoms with Crippen molar-refractivity contribution in [2.75, 3.05) is 17.2 Å². The van der Waals surface area contributed by atoms with Gasteiger partial charge in [-0.2, -0.15) is 5.21 Å². The molecule has 13 heteroatoms. The van der Waals surface area contributed by atoms with Crippen molar-refractivity contribution in [1.29, 1.82) is 0 Å². The van der Waals surface area contributed by atoms with E-state index in [0.717, 1.165) is 47.9 Å². The van der Waals surface area contributed by atoms with Crippen molar-refractivity contribution in [3.05, 3.63) is 66.0 Å². The third kappa shape index (κ3) is 7.67. The number of rotatable bonds is 10. The quantitative estimate of drug-likeness (QED) is 0.183. The summed E-state index contributed by atoms with van der Waals surface area (Å²) in [6.07, 6.45) is 5.25. The van der Waals surface area contributed by atoms with Gasteiger partial charge in [0.05, 0.1) is 5.69 Å². The largest absolute Gasteiger partial charge is 0.344 e. The molecule has 0 saturated heterocycles. The molecule has 1 saturated carbocycles. The average molecular weight is 597 g/mol. The second kappa shape index (κ2) is 14.0. The number of aromatic amines is 1. The molecule has 0 spiro atoms. The number of H-pyrrole nitrogens is 1. The first kappa shape index (κ1) is 30.4. The van der Waals surface area contributed by atoms with E-state index in [9.17, 15) is 14.4 Å². The summed E-state index contributed by atoms with van der Waals surface area (Å²) in [7, 11) is 0. The summed E-state index contributed by atoms with van der Waals surface area (Å²) in [5.74, 6) is 0.267. The highest BCUT2D eigenvalue weighted by Crippen LogP contribution is 2.29. The fraction of sp³-hybridized carbons (Fsp3) is 0.355. The lowest BCUT2D eigenvalue weighted by molar-refractivity contribution is -0.130. The molecule has 2 aromatic carbocycles. The van der Waals surface area contributed by atoms with Crippen LogP contribution in [0.5, 0.6) is 0 Å². The standard InChI is InChI=1S/C31H36N10O3/c1-18-26(17-33-31(34-18)35-19(2)42)24-5-3-4-21(14-24)15-27(37-29(43)23-8-6-20(16-32)7-9-23)30(44)36-25-12-10-22(11-13-25)28-38-40-41-39-28/h3-5,10-14,17,20,23,27H,6-9,15-16,32H2,1-2H3,(H,36,44)(H,37,43)(H,33,34,35,42)(H,38,39,40,41). The van der Waals surface area contributed by atoms with Crippen LogP contribution in [0.25, 0.3) is 22.5 Å². The summed E-state index contributed by atoms with van der Waals surface area (Å²) in [6, 6.07) is 14.0. The van der Waals surface area contributed by atoms with Crippen molar-refractivity contribution < 1.29 is 14.4 Å². The van der Waals surface area contributed by atoms with Gasteiger partial charge in [0.2, 0.25) is 29.5 Å². The van der Waals surface area contributed by atoms with Crippen LogP contribution >= 0.6 is 0 Å². The number of carbonyl (C=O) groups is 3. The average Bonchev–Trinajstić information content (AvgIpc) is 3.56. The third-order valence-corrected chi connectivity index (χ3v) is 7.88. The van der Waals surface area contributed by atoms with Crippen molar-refractivity contribution in [2.24, 2.45) is 17.6 Å². The van der Waals surface area contributed by atoms with Gasteiger partial charge in [-0.1, -0.05) is 24.3 Å². The molecule has 0 bridgehead atoms. The van der Waals surface area contributed by atoms with E-state index in [4.69, 9.17) is 5.73 Å². The normalized spacial score (nSPS) is 17.0. The topological polar surface area (TPSA) is 194 Å². The second-order valence-corrected chi connectivity index (χ2v) is 11.1. The Labute approximate surface area is 254 Å². The number of nitrogens with two attached hydrogens (primary N) is 1. The van der Waals surface area contributed by atoms with Gasteiger partial charge in [0.15, 0.2) is 0 Å². The van der Waals surface area contributed by atoms with E-state index in [0.29, 0.717) is 29.7 Å². The number of hydrogen-bond acceptors (Lipinski definition) is 9. The van der Waals surface area contributed by atoms with Crippen molar-refractivity contribution in [3.63, 3.8) is 0 Å². The number of nitrogens with one attached hydrogen (secondary N) is 4. The summed E-state index contributed by atoms with van der Waals surface area (Å²) in [5.41, 5.74) is 10.4. The van der Waals surface area contributed by atoms with E-state index in [1.165, 1.54) is 6.92 Å². The Morgan fingerprint density at radius 1 is 1.02 bits per heavy atom. The molecule has 1 atom stereocenters. The van der Waals surface area contributed by atoms with Crippen molar-refractivity contribution in [1.82, 2.24) is 35.9 Å². The van der Waals surface area contributed by atoms with E-state index in [2.05, 4.69) is 46.5 Å². The number of aryl methyl sites for hydroxylation is 1. The molecular weight excluding hydrogens is 560 g/mol. The minimum atomic E-state index is -0.818. The molecule has 6 N–H and O–H groups in total. The van der Waals surface area contributed by atoms with E-state index >= 15 is 0 Å². The molecular formula is C31H36N10O3. The molecule has 13 nitrogen and oxygen atoms in total. The predicted molar refractivity (Wildman–Crippen MR) is 165 cm³/mol. The van der Waals surface area contributed by atoms with Crippen LogP contribution in [0.3, 0.4) is 0 Å². The number of nitrogens with zero attached hydrogens (tertiary/aromatic N) is 5. The van der Waals surface area contributed by atoms with Crippen LogP contribution in [-0.2, 0) is 20.8 Å². The van der Waals surface area contributed by atoms with Crippen molar-refractivity contribution in [3.8, 4) is 22.5 Å². The highest BCUT2D eigenvalue weighted by Gasteiger charge is 2.29. The number of hydrogen-bond donors (Lipinski definition) is 5. The summed E-state index contributed by atoms with van der Waals surface area (Å²) in [4.78, 5) is 47.1. The Bertz CT molecular complexity index is 1600. The third-order valence-electron chi connectivity index (χ3n) is 7.88. The molecule has 0 radical (unpaired) electrons. The first-order valence-corrected chi connectivity index (χ1v) is 14.6. The van der Waals surface area contributed by atoms with E-state index in [1.54, 1.807) is 30.5 Å². The fourth-order valence-corrected chi connectivity index (χ4v) is 5.44. The number of amides is 3. The van der Waals surface area contributed by atoms with Gasteiger partial charge in [-0.15, -0.1) is 10.2 Å². The van der Waals surface area contributed by atoms with Gasteiger partial charge in [0.1, 0.15) is 6.04 Å². The molecule has 0 aliphatic heterocycles. The van der Waals surface area contributed by atoms with Gasteiger partial charge in [-0.3, -0.25) is 19.7 Å². The lowest BCUT2D eigenvalue weighted by Crippen LogP contribution is -2.48. The van der Waals surface area contributed by atoms with Gasteiger partial charge in [-0.05, 0) is 85.7 Å². The fourth-order valence-electron chi connectivity index (χ4n) is 5.44. The minimum Gasteiger partial charge on any atom is -0.344 e. The van der Waals surface area contributed by atoms with E-state index in [1.807, 2.05) is 31.2 Å². The Morgan fingerprint density at radius 2 is 1.80 bits per heavy atom. The molecule has 1 aliphatic carbocycles.